The minimum absolute atomic E-state index is 0.0681. The van der Waals surface area contributed by atoms with Crippen molar-refractivity contribution in [3.8, 4) is 0 Å². The van der Waals surface area contributed by atoms with E-state index in [0.29, 0.717) is 16.9 Å². The fraction of sp³-hybridized carbons (Fsp3) is 0.308. The monoisotopic (exact) mass is 262 g/mol. The molecule has 0 aliphatic heterocycles. The van der Waals surface area contributed by atoms with E-state index in [0.717, 1.165) is 12.0 Å². The summed E-state index contributed by atoms with van der Waals surface area (Å²) in [6, 6.07) is 7.69. The molecule has 0 bridgehead atoms. The van der Waals surface area contributed by atoms with Gasteiger partial charge in [0.1, 0.15) is 0 Å². The molecule has 2 rings (SSSR count). The number of carbonyl (C=O) groups excluding carboxylic acids is 1. The van der Waals surface area contributed by atoms with Crippen LogP contribution in [0.2, 0.25) is 0 Å². The molecule has 0 spiro atoms. The summed E-state index contributed by atoms with van der Waals surface area (Å²) in [5.41, 5.74) is 1.95. The van der Waals surface area contributed by atoms with Crippen LogP contribution >= 0.6 is 11.8 Å². The summed E-state index contributed by atoms with van der Waals surface area (Å²) in [7, 11) is 0. The number of ketones is 1. The number of Topliss-reactive ketones (excluding diaryl/α,β-unsaturated/α-hetero) is 1. The zero-order chi connectivity index (χ0) is 13.0. The molecular weight excluding hydrogens is 248 g/mol. The van der Waals surface area contributed by atoms with E-state index in [-0.39, 0.29) is 5.78 Å². The van der Waals surface area contributed by atoms with Crippen LogP contribution in [0, 0.1) is 6.92 Å². The summed E-state index contributed by atoms with van der Waals surface area (Å²) >= 11 is 1.26. The van der Waals surface area contributed by atoms with E-state index in [1.54, 1.807) is 6.92 Å². The van der Waals surface area contributed by atoms with Crippen molar-refractivity contribution >= 4 is 17.5 Å². The van der Waals surface area contributed by atoms with Gasteiger partial charge in [0.15, 0.2) is 5.78 Å². The van der Waals surface area contributed by atoms with Gasteiger partial charge in [-0.05, 0) is 12.0 Å². The second-order valence-corrected chi connectivity index (χ2v) is 4.78. The van der Waals surface area contributed by atoms with E-state index in [4.69, 9.17) is 4.42 Å². The number of aryl methyl sites for hydroxylation is 2. The highest BCUT2D eigenvalue weighted by Gasteiger charge is 2.09. The number of aromatic nitrogens is 2. The van der Waals surface area contributed by atoms with Crippen LogP contribution in [-0.2, 0) is 6.42 Å². The van der Waals surface area contributed by atoms with E-state index in [1.807, 2.05) is 24.3 Å². The number of hydrogen-bond acceptors (Lipinski definition) is 5. The van der Waals surface area contributed by atoms with Crippen molar-refractivity contribution in [2.75, 3.05) is 5.75 Å². The Balaban J connectivity index is 1.94. The third-order valence-corrected chi connectivity index (χ3v) is 3.34. The van der Waals surface area contributed by atoms with Crippen molar-refractivity contribution in [1.82, 2.24) is 10.2 Å². The topological polar surface area (TPSA) is 56.0 Å². The summed E-state index contributed by atoms with van der Waals surface area (Å²) in [6.45, 7) is 3.81. The molecule has 1 heterocycles. The first kappa shape index (κ1) is 12.8. The standard InChI is InChI=1S/C13H14N2O2S/c1-3-10-4-6-11(7-5-10)12(16)8-18-13-15-14-9(2)17-13/h4-7H,3,8H2,1-2H3. The van der Waals surface area contributed by atoms with E-state index in [9.17, 15) is 4.79 Å². The average Bonchev–Trinajstić information content (AvgIpc) is 2.82. The highest BCUT2D eigenvalue weighted by molar-refractivity contribution is 7.99. The third-order valence-electron chi connectivity index (χ3n) is 2.52. The highest BCUT2D eigenvalue weighted by atomic mass is 32.2. The molecule has 94 valence electrons. The summed E-state index contributed by atoms with van der Waals surface area (Å²) < 4.78 is 5.19. The molecule has 0 unspecified atom stereocenters. The quantitative estimate of drug-likeness (QED) is 0.612. The van der Waals surface area contributed by atoms with E-state index in [1.165, 1.54) is 17.3 Å². The van der Waals surface area contributed by atoms with E-state index in [2.05, 4.69) is 17.1 Å². The number of nitrogens with zero attached hydrogens (tertiary/aromatic N) is 2. The smallest absolute Gasteiger partial charge is 0.277 e. The van der Waals surface area contributed by atoms with Crippen molar-refractivity contribution in [3.05, 3.63) is 41.3 Å². The van der Waals surface area contributed by atoms with Gasteiger partial charge in [-0.2, -0.15) is 0 Å². The van der Waals surface area contributed by atoms with Gasteiger partial charge < -0.3 is 4.42 Å². The van der Waals surface area contributed by atoms with Crippen molar-refractivity contribution in [1.29, 1.82) is 0 Å². The molecule has 0 amide bonds. The fourth-order valence-corrected chi connectivity index (χ4v) is 2.17. The molecule has 0 radical (unpaired) electrons. The summed E-state index contributed by atoms with van der Waals surface area (Å²) in [5, 5.41) is 7.98. The Morgan fingerprint density at radius 1 is 1.28 bits per heavy atom. The predicted octanol–water partition coefficient (Wildman–Crippen LogP) is 2.92. The van der Waals surface area contributed by atoms with Gasteiger partial charge in [0, 0.05) is 12.5 Å². The summed E-state index contributed by atoms with van der Waals surface area (Å²) in [6.07, 6.45) is 0.977. The molecule has 0 aliphatic rings. The van der Waals surface area contributed by atoms with Crippen LogP contribution in [0.1, 0.15) is 28.7 Å². The maximum Gasteiger partial charge on any atom is 0.277 e. The van der Waals surface area contributed by atoms with Crippen molar-refractivity contribution < 1.29 is 9.21 Å². The molecule has 4 nitrogen and oxygen atoms in total. The largest absolute Gasteiger partial charge is 0.416 e. The van der Waals surface area contributed by atoms with Crippen LogP contribution in [0.3, 0.4) is 0 Å². The van der Waals surface area contributed by atoms with Gasteiger partial charge in [0.05, 0.1) is 5.75 Å². The molecule has 0 saturated heterocycles. The molecule has 2 aromatic rings. The Hall–Kier alpha value is -1.62. The molecule has 0 aliphatic carbocycles. The molecule has 0 saturated carbocycles. The number of carbonyl (C=O) groups is 1. The summed E-state index contributed by atoms with van der Waals surface area (Å²) in [5.74, 6) is 0.892. The molecule has 0 fully saturated rings. The molecule has 1 aromatic carbocycles. The van der Waals surface area contributed by atoms with Crippen LogP contribution in [0.4, 0.5) is 0 Å². The predicted molar refractivity (Wildman–Crippen MR) is 69.9 cm³/mol. The molecule has 18 heavy (non-hydrogen) atoms. The van der Waals surface area contributed by atoms with Crippen molar-refractivity contribution in [2.45, 2.75) is 25.5 Å². The number of rotatable bonds is 5. The minimum Gasteiger partial charge on any atom is -0.416 e. The second kappa shape index (κ2) is 5.82. The molecule has 1 aromatic heterocycles. The van der Waals surface area contributed by atoms with Crippen LogP contribution in [0.5, 0.6) is 0 Å². The lowest BCUT2D eigenvalue weighted by molar-refractivity contribution is 0.102. The Morgan fingerprint density at radius 2 is 2.00 bits per heavy atom. The number of thioether (sulfide) groups is 1. The fourth-order valence-electron chi connectivity index (χ4n) is 1.47. The summed E-state index contributed by atoms with van der Waals surface area (Å²) in [4.78, 5) is 11.9. The van der Waals surface area contributed by atoms with Gasteiger partial charge in [-0.15, -0.1) is 10.2 Å². The Bertz CT molecular complexity index is 534. The first-order valence-electron chi connectivity index (χ1n) is 5.74. The van der Waals surface area contributed by atoms with Crippen LogP contribution in [0.25, 0.3) is 0 Å². The van der Waals surface area contributed by atoms with Crippen LogP contribution < -0.4 is 0 Å². The van der Waals surface area contributed by atoms with Crippen LogP contribution in [-0.4, -0.2) is 21.7 Å². The van der Waals surface area contributed by atoms with Gasteiger partial charge in [-0.1, -0.05) is 43.0 Å². The molecule has 0 atom stereocenters. The third kappa shape index (κ3) is 3.20. The molecule has 5 heteroatoms. The van der Waals surface area contributed by atoms with Crippen molar-refractivity contribution in [2.24, 2.45) is 0 Å². The van der Waals surface area contributed by atoms with Gasteiger partial charge in [-0.3, -0.25) is 4.79 Å². The highest BCUT2D eigenvalue weighted by Crippen LogP contribution is 2.17. The lowest BCUT2D eigenvalue weighted by Crippen LogP contribution is -2.02. The first-order valence-corrected chi connectivity index (χ1v) is 6.72. The Morgan fingerprint density at radius 3 is 2.56 bits per heavy atom. The van der Waals surface area contributed by atoms with Gasteiger partial charge >= 0.3 is 0 Å². The molecule has 0 N–H and O–H groups in total. The Labute approximate surface area is 110 Å². The van der Waals surface area contributed by atoms with Gasteiger partial charge in [-0.25, -0.2) is 0 Å². The van der Waals surface area contributed by atoms with Crippen LogP contribution in [0.15, 0.2) is 33.9 Å². The van der Waals surface area contributed by atoms with E-state index < -0.39 is 0 Å². The number of benzene rings is 1. The maximum atomic E-state index is 11.9. The zero-order valence-corrected chi connectivity index (χ0v) is 11.2. The number of hydrogen-bond donors (Lipinski definition) is 0. The van der Waals surface area contributed by atoms with Gasteiger partial charge in [0.25, 0.3) is 5.22 Å². The normalized spacial score (nSPS) is 10.6. The average molecular weight is 262 g/mol. The second-order valence-electron chi connectivity index (χ2n) is 3.85. The molecular formula is C13H14N2O2S. The zero-order valence-electron chi connectivity index (χ0n) is 10.3. The van der Waals surface area contributed by atoms with E-state index >= 15 is 0 Å². The van der Waals surface area contributed by atoms with Crippen molar-refractivity contribution in [3.63, 3.8) is 0 Å². The maximum absolute atomic E-state index is 11.9. The SMILES string of the molecule is CCc1ccc(C(=O)CSc2nnc(C)o2)cc1. The Kier molecular flexibility index (Phi) is 4.15. The van der Waals surface area contributed by atoms with Gasteiger partial charge in [0.2, 0.25) is 5.89 Å². The lowest BCUT2D eigenvalue weighted by atomic mass is 10.1. The minimum atomic E-state index is 0.0681. The first-order chi connectivity index (χ1) is 8.69. The lowest BCUT2D eigenvalue weighted by Gasteiger charge is -2.00.